The van der Waals surface area contributed by atoms with Crippen molar-refractivity contribution in [3.8, 4) is 0 Å². The fraction of sp³-hybridized carbons (Fsp3) is 0.364. The molecule has 0 atom stereocenters. The lowest BCUT2D eigenvalue weighted by Gasteiger charge is -2.07. The molecule has 0 aliphatic heterocycles. The van der Waals surface area contributed by atoms with Crippen LogP contribution in [0.2, 0.25) is 0 Å². The van der Waals surface area contributed by atoms with Gasteiger partial charge in [0.2, 0.25) is 5.91 Å². The minimum absolute atomic E-state index is 0.0910. The number of amides is 1. The Morgan fingerprint density at radius 2 is 2.24 bits per heavy atom. The van der Waals surface area contributed by atoms with E-state index >= 15 is 0 Å². The van der Waals surface area contributed by atoms with Gasteiger partial charge >= 0.3 is 0 Å². The molecule has 0 saturated carbocycles. The Labute approximate surface area is 107 Å². The summed E-state index contributed by atoms with van der Waals surface area (Å²) < 4.78 is 23.3. The Morgan fingerprint density at radius 3 is 2.94 bits per heavy atom. The van der Waals surface area contributed by atoms with Crippen LogP contribution in [0.25, 0.3) is 0 Å². The zero-order chi connectivity index (χ0) is 12.7. The Kier molecular flexibility index (Phi) is 6.10. The van der Waals surface area contributed by atoms with Crippen molar-refractivity contribution in [2.75, 3.05) is 32.2 Å². The fourth-order valence-corrected chi connectivity index (χ4v) is 1.43. The number of rotatable bonds is 6. The average molecular weight is 306 g/mol. The molecule has 0 radical (unpaired) electrons. The average Bonchev–Trinajstić information content (AvgIpc) is 2.29. The first-order valence-electron chi connectivity index (χ1n) is 4.95. The van der Waals surface area contributed by atoms with Crippen LogP contribution in [0.3, 0.4) is 0 Å². The molecule has 0 unspecified atom stereocenters. The second kappa shape index (κ2) is 7.37. The first-order valence-corrected chi connectivity index (χ1v) is 5.74. The van der Waals surface area contributed by atoms with E-state index < -0.39 is 5.82 Å². The maximum Gasteiger partial charge on any atom is 0.250 e. The van der Waals surface area contributed by atoms with E-state index in [1.807, 2.05) is 0 Å². The van der Waals surface area contributed by atoms with Crippen LogP contribution >= 0.6 is 15.9 Å². The summed E-state index contributed by atoms with van der Waals surface area (Å²) in [4.78, 5) is 11.4. The van der Waals surface area contributed by atoms with Crippen molar-refractivity contribution in [3.05, 3.63) is 28.5 Å². The predicted octanol–water partition coefficient (Wildman–Crippen LogP) is 2.19. The fourth-order valence-electron chi connectivity index (χ4n) is 1.09. The smallest absolute Gasteiger partial charge is 0.250 e. The number of anilines is 1. The Bertz CT molecular complexity index is 387. The summed E-state index contributed by atoms with van der Waals surface area (Å²) in [5.41, 5.74) is 0.380. The number of methoxy groups -OCH3 is 1. The van der Waals surface area contributed by atoms with Gasteiger partial charge in [-0.2, -0.15) is 0 Å². The molecular weight excluding hydrogens is 293 g/mol. The van der Waals surface area contributed by atoms with E-state index in [0.29, 0.717) is 23.4 Å². The van der Waals surface area contributed by atoms with Crippen molar-refractivity contribution in [1.82, 2.24) is 0 Å². The Morgan fingerprint density at radius 1 is 1.47 bits per heavy atom. The molecule has 0 bridgehead atoms. The van der Waals surface area contributed by atoms with E-state index in [4.69, 9.17) is 9.47 Å². The zero-order valence-corrected chi connectivity index (χ0v) is 10.9. The number of hydrogen-bond acceptors (Lipinski definition) is 3. The van der Waals surface area contributed by atoms with E-state index in [9.17, 15) is 9.18 Å². The highest BCUT2D eigenvalue weighted by atomic mass is 79.9. The van der Waals surface area contributed by atoms with Crippen molar-refractivity contribution in [2.45, 2.75) is 0 Å². The van der Waals surface area contributed by atoms with Crippen molar-refractivity contribution in [1.29, 1.82) is 0 Å². The topological polar surface area (TPSA) is 47.6 Å². The van der Waals surface area contributed by atoms with Crippen LogP contribution in [-0.2, 0) is 14.3 Å². The van der Waals surface area contributed by atoms with Gasteiger partial charge in [-0.15, -0.1) is 0 Å². The molecule has 4 nitrogen and oxygen atoms in total. The SMILES string of the molecule is COCCOCC(=O)Nc1cc(F)ccc1Br. The number of nitrogens with one attached hydrogen (secondary N) is 1. The molecule has 1 amide bonds. The first-order chi connectivity index (χ1) is 8.13. The van der Waals surface area contributed by atoms with Gasteiger partial charge in [0.25, 0.3) is 0 Å². The van der Waals surface area contributed by atoms with Gasteiger partial charge in [0.05, 0.1) is 18.9 Å². The molecule has 0 aliphatic carbocycles. The first kappa shape index (κ1) is 14.1. The third kappa shape index (κ3) is 5.25. The number of hydrogen-bond donors (Lipinski definition) is 1. The van der Waals surface area contributed by atoms with Gasteiger partial charge in [0.1, 0.15) is 12.4 Å². The maximum absolute atomic E-state index is 12.9. The molecule has 0 aliphatic rings. The summed E-state index contributed by atoms with van der Waals surface area (Å²) in [6, 6.07) is 4.06. The quantitative estimate of drug-likeness (QED) is 0.820. The van der Waals surface area contributed by atoms with Crippen LogP contribution in [0.15, 0.2) is 22.7 Å². The summed E-state index contributed by atoms with van der Waals surface area (Å²) in [5.74, 6) is -0.754. The molecule has 0 spiro atoms. The maximum atomic E-state index is 12.9. The molecule has 94 valence electrons. The third-order valence-electron chi connectivity index (χ3n) is 1.87. The van der Waals surface area contributed by atoms with Crippen LogP contribution in [-0.4, -0.2) is 32.8 Å². The van der Waals surface area contributed by atoms with Crippen molar-refractivity contribution in [2.24, 2.45) is 0 Å². The normalized spacial score (nSPS) is 10.3. The van der Waals surface area contributed by atoms with Crippen LogP contribution in [0.4, 0.5) is 10.1 Å². The van der Waals surface area contributed by atoms with Crippen molar-refractivity contribution < 1.29 is 18.7 Å². The summed E-state index contributed by atoms with van der Waals surface area (Å²) in [7, 11) is 1.55. The minimum Gasteiger partial charge on any atom is -0.382 e. The molecule has 0 aromatic heterocycles. The van der Waals surface area contributed by atoms with E-state index in [0.717, 1.165) is 0 Å². The molecule has 1 aromatic rings. The van der Waals surface area contributed by atoms with Gasteiger partial charge in [-0.25, -0.2) is 4.39 Å². The van der Waals surface area contributed by atoms with Gasteiger partial charge in [-0.3, -0.25) is 4.79 Å². The lowest BCUT2D eigenvalue weighted by molar-refractivity contribution is -0.121. The van der Waals surface area contributed by atoms with Crippen molar-refractivity contribution >= 4 is 27.5 Å². The van der Waals surface area contributed by atoms with Gasteiger partial charge in [-0.1, -0.05) is 0 Å². The Balaban J connectivity index is 2.42. The van der Waals surface area contributed by atoms with E-state index in [1.165, 1.54) is 18.2 Å². The highest BCUT2D eigenvalue weighted by Gasteiger charge is 2.06. The molecule has 0 saturated heterocycles. The predicted molar refractivity (Wildman–Crippen MR) is 65.4 cm³/mol. The minimum atomic E-state index is -0.413. The zero-order valence-electron chi connectivity index (χ0n) is 9.33. The van der Waals surface area contributed by atoms with E-state index in [1.54, 1.807) is 7.11 Å². The highest BCUT2D eigenvalue weighted by molar-refractivity contribution is 9.10. The molecule has 0 heterocycles. The molecule has 1 rings (SSSR count). The van der Waals surface area contributed by atoms with Crippen LogP contribution in [0.1, 0.15) is 0 Å². The molecule has 1 aromatic carbocycles. The lowest BCUT2D eigenvalue weighted by atomic mass is 10.3. The molecule has 1 N–H and O–H groups in total. The number of halogens is 2. The van der Waals surface area contributed by atoms with Gasteiger partial charge in [0, 0.05) is 11.6 Å². The standard InChI is InChI=1S/C11H13BrFNO3/c1-16-4-5-17-7-11(15)14-10-6-8(13)2-3-9(10)12/h2-3,6H,4-5,7H2,1H3,(H,14,15). The van der Waals surface area contributed by atoms with E-state index in [2.05, 4.69) is 21.2 Å². The summed E-state index contributed by atoms with van der Waals surface area (Å²) >= 11 is 3.21. The largest absolute Gasteiger partial charge is 0.382 e. The lowest BCUT2D eigenvalue weighted by Crippen LogP contribution is -2.19. The Hall–Kier alpha value is -0.980. The highest BCUT2D eigenvalue weighted by Crippen LogP contribution is 2.22. The molecule has 17 heavy (non-hydrogen) atoms. The summed E-state index contributed by atoms with van der Waals surface area (Å²) in [6.07, 6.45) is 0. The third-order valence-corrected chi connectivity index (χ3v) is 2.56. The van der Waals surface area contributed by atoms with Crippen molar-refractivity contribution in [3.63, 3.8) is 0 Å². The number of carbonyl (C=O) groups is 1. The summed E-state index contributed by atoms with van der Waals surface area (Å²) in [5, 5.41) is 2.54. The summed E-state index contributed by atoms with van der Waals surface area (Å²) in [6.45, 7) is 0.678. The number of ether oxygens (including phenoxy) is 2. The van der Waals surface area contributed by atoms with E-state index in [-0.39, 0.29) is 12.5 Å². The van der Waals surface area contributed by atoms with Crippen LogP contribution in [0, 0.1) is 5.82 Å². The van der Waals surface area contributed by atoms with Gasteiger partial charge in [-0.05, 0) is 34.1 Å². The monoisotopic (exact) mass is 305 g/mol. The molecule has 0 fully saturated rings. The molecular formula is C11H13BrFNO3. The second-order valence-corrected chi connectivity index (χ2v) is 4.07. The number of carbonyl (C=O) groups excluding carboxylic acids is 1. The number of benzene rings is 1. The van der Waals surface area contributed by atoms with Crippen LogP contribution < -0.4 is 5.32 Å². The second-order valence-electron chi connectivity index (χ2n) is 3.22. The van der Waals surface area contributed by atoms with Crippen LogP contribution in [0.5, 0.6) is 0 Å². The van der Waals surface area contributed by atoms with Gasteiger partial charge < -0.3 is 14.8 Å². The molecule has 6 heteroatoms. The van der Waals surface area contributed by atoms with Gasteiger partial charge in [0.15, 0.2) is 0 Å².